The van der Waals surface area contributed by atoms with Crippen LogP contribution in [0.25, 0.3) is 0 Å². The van der Waals surface area contributed by atoms with Gasteiger partial charge in [-0.3, -0.25) is 0 Å². The molecule has 3 rings (SSSR count). The highest BCUT2D eigenvalue weighted by atomic mass is 19.3. The van der Waals surface area contributed by atoms with Crippen LogP contribution >= 0.6 is 0 Å². The minimum absolute atomic E-state index is 0.163. The lowest BCUT2D eigenvalue weighted by Gasteiger charge is -2.10. The molecule has 0 bridgehead atoms. The number of halogens is 2. The molecular weight excluding hydrogens is 312 g/mol. The topological polar surface area (TPSA) is 30.8 Å². The molecule has 0 saturated heterocycles. The number of hydrogen-bond donors (Lipinski definition) is 0. The van der Waals surface area contributed by atoms with Crippen LogP contribution in [0, 0.1) is 0 Å². The Bertz CT molecular complexity index is 753. The number of aryl methyl sites for hydroxylation is 1. The van der Waals surface area contributed by atoms with Gasteiger partial charge in [-0.15, -0.1) is 0 Å². The molecule has 0 atom stereocenters. The Morgan fingerprint density at radius 1 is 1.08 bits per heavy atom. The predicted octanol–water partition coefficient (Wildman–Crippen LogP) is 4.58. The van der Waals surface area contributed by atoms with Crippen LogP contribution in [0.5, 0.6) is 5.75 Å². The summed E-state index contributed by atoms with van der Waals surface area (Å²) in [5.74, 6) is 0.652. The minimum Gasteiger partial charge on any atom is -0.497 e. The molecule has 0 radical (unpaired) electrons. The molecule has 0 spiro atoms. The molecule has 3 nitrogen and oxygen atoms in total. The van der Waals surface area contributed by atoms with Gasteiger partial charge in [0.05, 0.1) is 12.7 Å². The molecule has 0 aliphatic carbocycles. The number of oxime groups is 1. The van der Waals surface area contributed by atoms with E-state index in [0.29, 0.717) is 24.2 Å². The molecule has 24 heavy (non-hydrogen) atoms. The van der Waals surface area contributed by atoms with E-state index in [4.69, 9.17) is 4.74 Å². The van der Waals surface area contributed by atoms with E-state index in [1.54, 1.807) is 31.4 Å². The number of hydrogen-bond acceptors (Lipinski definition) is 3. The molecule has 0 amide bonds. The Morgan fingerprint density at radius 3 is 2.46 bits per heavy atom. The molecule has 0 fully saturated rings. The fourth-order valence-corrected chi connectivity index (χ4v) is 2.54. The van der Waals surface area contributed by atoms with Crippen molar-refractivity contribution in [2.45, 2.75) is 19.0 Å². The van der Waals surface area contributed by atoms with Crippen LogP contribution in [-0.4, -0.2) is 18.9 Å². The third-order valence-corrected chi connectivity index (χ3v) is 3.81. The molecular formula is C19H17F2NO2. The maximum Gasteiger partial charge on any atom is 0.448 e. The van der Waals surface area contributed by atoms with Crippen molar-refractivity contribution in [2.75, 3.05) is 7.11 Å². The molecule has 2 aromatic carbocycles. The van der Waals surface area contributed by atoms with Gasteiger partial charge in [-0.1, -0.05) is 41.6 Å². The fraction of sp³-hybridized carbons (Fsp3) is 0.211. The van der Waals surface area contributed by atoms with Crippen molar-refractivity contribution in [1.29, 1.82) is 0 Å². The summed E-state index contributed by atoms with van der Waals surface area (Å²) >= 11 is 0. The van der Waals surface area contributed by atoms with Crippen molar-refractivity contribution in [1.82, 2.24) is 0 Å². The quantitative estimate of drug-likeness (QED) is 0.804. The molecule has 0 N–H and O–H groups in total. The third-order valence-electron chi connectivity index (χ3n) is 3.81. The van der Waals surface area contributed by atoms with Crippen LogP contribution in [0.4, 0.5) is 8.78 Å². The lowest BCUT2D eigenvalue weighted by Crippen LogP contribution is -2.20. The van der Waals surface area contributed by atoms with Gasteiger partial charge < -0.3 is 9.57 Å². The van der Waals surface area contributed by atoms with Gasteiger partial charge in [0.15, 0.2) is 0 Å². The van der Waals surface area contributed by atoms with Crippen molar-refractivity contribution >= 4 is 5.71 Å². The molecule has 1 heterocycles. The largest absolute Gasteiger partial charge is 0.497 e. The first-order valence-corrected chi connectivity index (χ1v) is 7.63. The molecule has 0 unspecified atom stereocenters. The molecule has 1 aliphatic rings. The van der Waals surface area contributed by atoms with E-state index in [9.17, 15) is 8.78 Å². The summed E-state index contributed by atoms with van der Waals surface area (Å²) in [5.41, 5.74) is 1.64. The van der Waals surface area contributed by atoms with Gasteiger partial charge in [0.25, 0.3) is 0 Å². The van der Waals surface area contributed by atoms with Crippen LogP contribution < -0.4 is 4.74 Å². The minimum atomic E-state index is -3.40. The smallest absolute Gasteiger partial charge is 0.448 e. The summed E-state index contributed by atoms with van der Waals surface area (Å²) in [6.07, 6.45) is -0.737. The van der Waals surface area contributed by atoms with E-state index in [2.05, 4.69) is 9.99 Å². The standard InChI is InChI=1S/C19H17F2NO2/c1-23-16-12-10-15(11-13-16)18-17(19(20,21)24-22-18)9-5-8-14-6-3-2-4-7-14/h2-4,6-7,9-13H,5,8H2,1H3/b17-9+. The summed E-state index contributed by atoms with van der Waals surface area (Å²) in [5, 5.41) is 3.58. The van der Waals surface area contributed by atoms with E-state index in [1.165, 1.54) is 6.08 Å². The maximum absolute atomic E-state index is 14.0. The average molecular weight is 329 g/mol. The van der Waals surface area contributed by atoms with Gasteiger partial charge in [-0.05, 0) is 42.7 Å². The van der Waals surface area contributed by atoms with Crippen molar-refractivity contribution in [3.63, 3.8) is 0 Å². The Labute approximate surface area is 139 Å². The zero-order chi connectivity index (χ0) is 17.0. The SMILES string of the molecule is COc1ccc(C2=NOC(F)(F)/C2=C/CCc2ccccc2)cc1. The molecule has 0 aromatic heterocycles. The number of methoxy groups -OCH3 is 1. The van der Waals surface area contributed by atoms with Crippen molar-refractivity contribution in [3.8, 4) is 5.75 Å². The van der Waals surface area contributed by atoms with E-state index in [0.717, 1.165) is 5.56 Å². The van der Waals surface area contributed by atoms with Gasteiger partial charge in [0.1, 0.15) is 11.5 Å². The van der Waals surface area contributed by atoms with E-state index < -0.39 is 6.11 Å². The van der Waals surface area contributed by atoms with Crippen LogP contribution in [0.2, 0.25) is 0 Å². The van der Waals surface area contributed by atoms with Crippen LogP contribution in [0.15, 0.2) is 71.4 Å². The summed E-state index contributed by atoms with van der Waals surface area (Å²) < 4.78 is 33.1. The number of allylic oxidation sites excluding steroid dienone is 1. The number of ether oxygens (including phenoxy) is 1. The third kappa shape index (κ3) is 3.45. The number of benzene rings is 2. The van der Waals surface area contributed by atoms with Crippen molar-refractivity contribution < 1.29 is 18.4 Å². The number of alkyl halides is 2. The zero-order valence-electron chi connectivity index (χ0n) is 13.2. The van der Waals surface area contributed by atoms with Gasteiger partial charge >= 0.3 is 6.11 Å². The summed E-state index contributed by atoms with van der Waals surface area (Å²) in [6, 6.07) is 16.5. The Hall–Kier alpha value is -2.69. The second-order valence-corrected chi connectivity index (χ2v) is 5.42. The fourth-order valence-electron chi connectivity index (χ4n) is 2.54. The molecule has 5 heteroatoms. The van der Waals surface area contributed by atoms with E-state index >= 15 is 0 Å². The Balaban J connectivity index is 1.79. The molecule has 2 aromatic rings. The lowest BCUT2D eigenvalue weighted by atomic mass is 10.00. The first-order valence-electron chi connectivity index (χ1n) is 7.63. The van der Waals surface area contributed by atoms with Gasteiger partial charge in [-0.25, -0.2) is 0 Å². The molecule has 1 aliphatic heterocycles. The number of nitrogens with zero attached hydrogens (tertiary/aromatic N) is 1. The number of rotatable bonds is 5. The Kier molecular flexibility index (Phi) is 4.60. The first kappa shape index (κ1) is 16.2. The summed E-state index contributed by atoms with van der Waals surface area (Å²) in [6.45, 7) is 0. The lowest BCUT2D eigenvalue weighted by molar-refractivity contribution is -0.194. The first-order chi connectivity index (χ1) is 11.6. The summed E-state index contributed by atoms with van der Waals surface area (Å²) in [4.78, 5) is 4.33. The van der Waals surface area contributed by atoms with Crippen LogP contribution in [0.1, 0.15) is 17.5 Å². The highest BCUT2D eigenvalue weighted by molar-refractivity contribution is 6.14. The van der Waals surface area contributed by atoms with Crippen LogP contribution in [-0.2, 0) is 11.3 Å². The zero-order valence-corrected chi connectivity index (χ0v) is 13.2. The van der Waals surface area contributed by atoms with Crippen molar-refractivity contribution in [3.05, 3.63) is 77.4 Å². The van der Waals surface area contributed by atoms with E-state index in [-0.39, 0.29) is 11.3 Å². The molecule has 124 valence electrons. The monoisotopic (exact) mass is 329 g/mol. The summed E-state index contributed by atoms with van der Waals surface area (Å²) in [7, 11) is 1.55. The van der Waals surface area contributed by atoms with E-state index in [1.807, 2.05) is 30.3 Å². The van der Waals surface area contributed by atoms with Gasteiger partial charge in [0.2, 0.25) is 0 Å². The van der Waals surface area contributed by atoms with Crippen molar-refractivity contribution in [2.24, 2.45) is 5.16 Å². The highest BCUT2D eigenvalue weighted by Crippen LogP contribution is 2.35. The normalized spacial score (nSPS) is 17.5. The predicted molar refractivity (Wildman–Crippen MR) is 88.4 cm³/mol. The van der Waals surface area contributed by atoms with Gasteiger partial charge in [0, 0.05) is 5.56 Å². The maximum atomic E-state index is 14.0. The van der Waals surface area contributed by atoms with Gasteiger partial charge in [-0.2, -0.15) is 8.78 Å². The second-order valence-electron chi connectivity index (χ2n) is 5.42. The molecule has 0 saturated carbocycles. The average Bonchev–Trinajstić information content (AvgIpc) is 2.91. The Morgan fingerprint density at radius 2 is 1.79 bits per heavy atom. The second kappa shape index (κ2) is 6.83. The van der Waals surface area contributed by atoms with Crippen LogP contribution in [0.3, 0.4) is 0 Å². The highest BCUT2D eigenvalue weighted by Gasteiger charge is 2.45.